The van der Waals surface area contributed by atoms with Crippen LogP contribution in [0.15, 0.2) is 84.0 Å². The third-order valence-corrected chi connectivity index (χ3v) is 7.28. The fraction of sp³-hybridized carbons (Fsp3) is 0.375. The van der Waals surface area contributed by atoms with Crippen molar-refractivity contribution in [1.29, 1.82) is 0 Å². The summed E-state index contributed by atoms with van der Waals surface area (Å²) in [6.07, 6.45) is 5.73. The monoisotopic (exact) mass is 544 g/mol. The minimum atomic E-state index is -0.626. The van der Waals surface area contributed by atoms with Crippen LogP contribution in [-0.2, 0) is 41.9 Å². The Bertz CT molecular complexity index is 1170. The second-order valence-corrected chi connectivity index (χ2v) is 10.2. The first kappa shape index (κ1) is 28.8. The predicted molar refractivity (Wildman–Crippen MR) is 149 cm³/mol. The Morgan fingerprint density at radius 2 is 1.05 bits per heavy atom. The molecule has 0 bridgehead atoms. The van der Waals surface area contributed by atoms with Crippen LogP contribution in [0.1, 0.15) is 50.7 Å². The number of likely N-dealkylation sites (tertiary alicyclic amines) is 2. The number of allylic oxidation sites excluding steroid dienone is 2. The van der Waals surface area contributed by atoms with Crippen LogP contribution in [0.3, 0.4) is 0 Å². The number of nitrogens with zero attached hydrogens (tertiary/aromatic N) is 2. The Labute approximate surface area is 235 Å². The number of rotatable bonds is 9. The molecule has 0 unspecified atom stereocenters. The fourth-order valence-corrected chi connectivity index (χ4v) is 5.01. The van der Waals surface area contributed by atoms with Gasteiger partial charge in [0.25, 0.3) is 0 Å². The van der Waals surface area contributed by atoms with Crippen molar-refractivity contribution in [2.75, 3.05) is 13.1 Å². The fourth-order valence-electron chi connectivity index (χ4n) is 5.01. The summed E-state index contributed by atoms with van der Waals surface area (Å²) >= 11 is 0. The molecule has 2 aliphatic heterocycles. The highest BCUT2D eigenvalue weighted by atomic mass is 16.5. The van der Waals surface area contributed by atoms with E-state index in [4.69, 9.17) is 9.47 Å². The van der Waals surface area contributed by atoms with Crippen molar-refractivity contribution in [2.45, 2.75) is 64.8 Å². The van der Waals surface area contributed by atoms with E-state index in [1.807, 2.05) is 60.7 Å². The molecule has 2 fully saturated rings. The molecule has 0 N–H and O–H groups in total. The summed E-state index contributed by atoms with van der Waals surface area (Å²) in [4.78, 5) is 54.9. The Morgan fingerprint density at radius 1 is 0.675 bits per heavy atom. The highest BCUT2D eigenvalue weighted by Crippen LogP contribution is 2.23. The van der Waals surface area contributed by atoms with Gasteiger partial charge in [0.05, 0.1) is 0 Å². The van der Waals surface area contributed by atoms with E-state index in [9.17, 15) is 19.2 Å². The molecular weight excluding hydrogens is 508 g/mol. The van der Waals surface area contributed by atoms with E-state index < -0.39 is 24.0 Å². The number of esters is 2. The minimum absolute atomic E-state index is 0.161. The predicted octanol–water partition coefficient (Wildman–Crippen LogP) is 4.35. The highest BCUT2D eigenvalue weighted by Gasteiger charge is 2.37. The smallest absolute Gasteiger partial charge is 0.329 e. The summed E-state index contributed by atoms with van der Waals surface area (Å²) < 4.78 is 11.0. The maximum atomic E-state index is 13.2. The summed E-state index contributed by atoms with van der Waals surface area (Å²) in [6.45, 7) is 4.60. The zero-order valence-corrected chi connectivity index (χ0v) is 23.1. The quantitative estimate of drug-likeness (QED) is 0.265. The lowest BCUT2D eigenvalue weighted by atomic mass is 10.1. The van der Waals surface area contributed by atoms with Crippen molar-refractivity contribution in [3.05, 3.63) is 95.1 Å². The van der Waals surface area contributed by atoms with Crippen molar-refractivity contribution in [3.63, 3.8) is 0 Å². The van der Waals surface area contributed by atoms with Gasteiger partial charge in [-0.15, -0.1) is 0 Å². The molecule has 8 nitrogen and oxygen atoms in total. The topological polar surface area (TPSA) is 93.2 Å². The lowest BCUT2D eigenvalue weighted by molar-refractivity contribution is -0.153. The number of hydrogen-bond donors (Lipinski definition) is 0. The van der Waals surface area contributed by atoms with E-state index in [0.717, 1.165) is 11.1 Å². The number of ether oxygens (including phenoxy) is 2. The third kappa shape index (κ3) is 7.25. The van der Waals surface area contributed by atoms with Gasteiger partial charge in [-0.05, 0) is 50.7 Å². The summed E-state index contributed by atoms with van der Waals surface area (Å²) in [7, 11) is 0. The second-order valence-electron chi connectivity index (χ2n) is 10.2. The van der Waals surface area contributed by atoms with Crippen molar-refractivity contribution in [1.82, 2.24) is 9.80 Å². The Balaban J connectivity index is 1.33. The highest BCUT2D eigenvalue weighted by molar-refractivity contribution is 5.98. The zero-order valence-electron chi connectivity index (χ0n) is 23.1. The first-order valence-electron chi connectivity index (χ1n) is 13.7. The number of carbonyl (C=O) groups is 4. The normalized spacial score (nSPS) is 19.4. The largest absolute Gasteiger partial charge is 0.459 e. The number of benzene rings is 2. The van der Waals surface area contributed by atoms with Crippen LogP contribution in [0.5, 0.6) is 0 Å². The molecule has 2 aromatic rings. The van der Waals surface area contributed by atoms with Crippen LogP contribution in [0.4, 0.5) is 0 Å². The maximum absolute atomic E-state index is 13.2. The van der Waals surface area contributed by atoms with E-state index in [1.165, 1.54) is 0 Å². The molecule has 0 aliphatic carbocycles. The van der Waals surface area contributed by atoms with E-state index in [-0.39, 0.29) is 25.0 Å². The van der Waals surface area contributed by atoms with Gasteiger partial charge in [0.15, 0.2) is 0 Å². The molecule has 2 heterocycles. The maximum Gasteiger partial charge on any atom is 0.329 e. The number of hydrogen-bond acceptors (Lipinski definition) is 6. The Morgan fingerprint density at radius 3 is 1.43 bits per heavy atom. The lowest BCUT2D eigenvalue weighted by Crippen LogP contribution is -2.42. The molecule has 2 aromatic carbocycles. The van der Waals surface area contributed by atoms with E-state index in [2.05, 4.69) is 0 Å². The molecule has 2 aliphatic rings. The van der Waals surface area contributed by atoms with E-state index >= 15 is 0 Å². The zero-order chi connectivity index (χ0) is 28.5. The molecule has 2 amide bonds. The van der Waals surface area contributed by atoms with Gasteiger partial charge in [0.2, 0.25) is 11.8 Å². The summed E-state index contributed by atoms with van der Waals surface area (Å²) in [6, 6.07) is 17.6. The second kappa shape index (κ2) is 13.7. The molecule has 2 atom stereocenters. The molecule has 8 heteroatoms. The molecule has 210 valence electrons. The van der Waals surface area contributed by atoms with Crippen molar-refractivity contribution >= 4 is 23.8 Å². The first-order chi connectivity index (χ1) is 19.3. The first-order valence-corrected chi connectivity index (χ1v) is 13.7. The molecule has 0 saturated carbocycles. The van der Waals surface area contributed by atoms with Crippen molar-refractivity contribution in [3.8, 4) is 0 Å². The van der Waals surface area contributed by atoms with Crippen LogP contribution in [-0.4, -0.2) is 58.7 Å². The number of amides is 2. The lowest BCUT2D eigenvalue weighted by Gasteiger charge is -2.24. The van der Waals surface area contributed by atoms with Crippen LogP contribution in [0.2, 0.25) is 0 Å². The molecule has 2 saturated heterocycles. The summed E-state index contributed by atoms with van der Waals surface area (Å²) in [5, 5.41) is 0. The van der Waals surface area contributed by atoms with Crippen LogP contribution < -0.4 is 0 Å². The molecule has 0 aromatic heterocycles. The third-order valence-electron chi connectivity index (χ3n) is 7.28. The number of carbonyl (C=O) groups excluding carboxylic acids is 4. The van der Waals surface area contributed by atoms with Crippen LogP contribution >= 0.6 is 0 Å². The molecule has 0 radical (unpaired) electrons. The van der Waals surface area contributed by atoms with Gasteiger partial charge in [-0.1, -0.05) is 72.8 Å². The summed E-state index contributed by atoms with van der Waals surface area (Å²) in [5.41, 5.74) is 2.60. The van der Waals surface area contributed by atoms with Gasteiger partial charge < -0.3 is 19.3 Å². The Hall–Kier alpha value is -4.20. The van der Waals surface area contributed by atoms with Gasteiger partial charge in [-0.25, -0.2) is 9.59 Å². The van der Waals surface area contributed by atoms with Gasteiger partial charge >= 0.3 is 11.9 Å². The van der Waals surface area contributed by atoms with Gasteiger partial charge in [0.1, 0.15) is 25.3 Å². The minimum Gasteiger partial charge on any atom is -0.459 e. The van der Waals surface area contributed by atoms with Gasteiger partial charge in [-0.2, -0.15) is 0 Å². The Kier molecular flexibility index (Phi) is 9.89. The average molecular weight is 545 g/mol. The SMILES string of the molecule is CC(=CC=C(C)C(=O)N1CCC[C@@H]1C(=O)OCc1ccccc1)C(=O)N1CCC[C@@H]1C(=O)OCc1ccccc1. The van der Waals surface area contributed by atoms with Crippen molar-refractivity contribution in [2.24, 2.45) is 0 Å². The van der Waals surface area contributed by atoms with Crippen LogP contribution in [0.25, 0.3) is 0 Å². The van der Waals surface area contributed by atoms with Crippen LogP contribution in [0, 0.1) is 0 Å². The van der Waals surface area contributed by atoms with Gasteiger partial charge in [-0.3, -0.25) is 9.59 Å². The molecule has 0 spiro atoms. The van der Waals surface area contributed by atoms with Crippen molar-refractivity contribution < 1.29 is 28.7 Å². The van der Waals surface area contributed by atoms with Gasteiger partial charge in [0, 0.05) is 24.2 Å². The molecular formula is C32H36N2O6. The van der Waals surface area contributed by atoms with E-state index in [0.29, 0.717) is 49.9 Å². The van der Waals surface area contributed by atoms with E-state index in [1.54, 1.807) is 35.8 Å². The molecule has 4 rings (SSSR count). The average Bonchev–Trinajstić information content (AvgIpc) is 3.68. The molecule has 40 heavy (non-hydrogen) atoms. The summed E-state index contributed by atoms with van der Waals surface area (Å²) in [5.74, 6) is -1.36. The standard InChI is InChI=1S/C32H36N2O6/c1-23(29(35)33-19-9-15-27(33)31(37)39-21-25-11-5-3-6-12-25)17-18-24(2)30(36)34-20-10-16-28(34)32(38)40-22-26-13-7-4-8-14-26/h3-8,11-14,17-18,27-28H,9-10,15-16,19-22H2,1-2H3/t27-,28-/m1/s1.